The average Bonchev–Trinajstić information content (AvgIpc) is 3.07. The number of amides is 1. The third-order valence-electron chi connectivity index (χ3n) is 3.50. The van der Waals surface area contributed by atoms with Gasteiger partial charge in [0, 0.05) is 24.7 Å². The van der Waals surface area contributed by atoms with Crippen LogP contribution in [0.3, 0.4) is 0 Å². The molecule has 2 rings (SSSR count). The zero-order chi connectivity index (χ0) is 17.4. The minimum atomic E-state index is -0.244. The Labute approximate surface area is 141 Å². The quantitative estimate of drug-likeness (QED) is 0.727. The van der Waals surface area contributed by atoms with Gasteiger partial charge in [-0.2, -0.15) is 0 Å². The minimum Gasteiger partial charge on any atom is -0.421 e. The second kappa shape index (κ2) is 8.98. The van der Waals surface area contributed by atoms with Crippen molar-refractivity contribution in [3.63, 3.8) is 0 Å². The summed E-state index contributed by atoms with van der Waals surface area (Å²) in [7, 11) is 0. The number of aromatic nitrogens is 2. The molecule has 2 N–H and O–H groups in total. The number of carbonyl (C=O) groups is 1. The van der Waals surface area contributed by atoms with Crippen LogP contribution in [0.15, 0.2) is 40.8 Å². The first-order valence-electron chi connectivity index (χ1n) is 8.08. The van der Waals surface area contributed by atoms with Crippen molar-refractivity contribution in [2.24, 2.45) is 0 Å². The van der Waals surface area contributed by atoms with E-state index >= 15 is 0 Å². The Hall–Kier alpha value is -2.47. The lowest BCUT2D eigenvalue weighted by Crippen LogP contribution is -2.27. The van der Waals surface area contributed by atoms with E-state index in [0.29, 0.717) is 24.6 Å². The Morgan fingerprint density at radius 2 is 2.04 bits per heavy atom. The van der Waals surface area contributed by atoms with Gasteiger partial charge in [-0.05, 0) is 18.4 Å². The maximum absolute atomic E-state index is 12.2. The number of hydrogen-bond acceptors (Lipinski definition) is 5. The Bertz CT molecular complexity index is 665. The lowest BCUT2D eigenvalue weighted by atomic mass is 10.0. The predicted molar refractivity (Wildman–Crippen MR) is 91.1 cm³/mol. The fourth-order valence-corrected chi connectivity index (χ4v) is 2.22. The van der Waals surface area contributed by atoms with Gasteiger partial charge in [0.1, 0.15) is 0 Å². The molecule has 0 bridgehead atoms. The topological polar surface area (TPSA) is 88.2 Å². The molecule has 6 nitrogen and oxygen atoms in total. The molecule has 0 aliphatic carbocycles. The van der Waals surface area contributed by atoms with Crippen LogP contribution >= 0.6 is 0 Å². The fraction of sp³-hybridized carbons (Fsp3) is 0.389. The Morgan fingerprint density at radius 3 is 2.67 bits per heavy atom. The largest absolute Gasteiger partial charge is 0.421 e. The highest BCUT2D eigenvalue weighted by Gasteiger charge is 2.13. The van der Waals surface area contributed by atoms with Crippen molar-refractivity contribution in [1.82, 2.24) is 15.5 Å². The Balaban J connectivity index is 2.00. The summed E-state index contributed by atoms with van der Waals surface area (Å²) in [4.78, 5) is 12.2. The summed E-state index contributed by atoms with van der Waals surface area (Å²) < 4.78 is 5.43. The summed E-state index contributed by atoms with van der Waals surface area (Å²) in [6, 6.07) is 9.54. The van der Waals surface area contributed by atoms with Gasteiger partial charge >= 0.3 is 0 Å². The van der Waals surface area contributed by atoms with E-state index in [9.17, 15) is 4.79 Å². The second-order valence-corrected chi connectivity index (χ2v) is 5.80. The molecule has 1 unspecified atom stereocenters. The van der Waals surface area contributed by atoms with Gasteiger partial charge in [0.05, 0.1) is 6.04 Å². The molecule has 1 aromatic heterocycles. The summed E-state index contributed by atoms with van der Waals surface area (Å²) in [5.74, 6) is 0.751. The molecule has 1 atom stereocenters. The smallest absolute Gasteiger partial charge is 0.244 e. The summed E-state index contributed by atoms with van der Waals surface area (Å²) in [6.45, 7) is 4.01. The highest BCUT2D eigenvalue weighted by molar-refractivity contribution is 5.91. The van der Waals surface area contributed by atoms with Crippen LogP contribution < -0.4 is 5.32 Å². The molecule has 0 aliphatic rings. The van der Waals surface area contributed by atoms with Crippen LogP contribution in [0.1, 0.15) is 56.0 Å². The van der Waals surface area contributed by atoms with Crippen molar-refractivity contribution >= 4 is 12.0 Å². The lowest BCUT2D eigenvalue weighted by molar-refractivity contribution is -0.117. The van der Waals surface area contributed by atoms with E-state index in [2.05, 4.69) is 15.5 Å². The van der Waals surface area contributed by atoms with Crippen LogP contribution in [0.2, 0.25) is 0 Å². The van der Waals surface area contributed by atoms with Gasteiger partial charge < -0.3 is 14.8 Å². The molecule has 0 saturated carbocycles. The van der Waals surface area contributed by atoms with Gasteiger partial charge in [-0.15, -0.1) is 10.2 Å². The molecule has 1 aromatic carbocycles. The van der Waals surface area contributed by atoms with Crippen molar-refractivity contribution in [3.05, 3.63) is 53.8 Å². The molecule has 2 aromatic rings. The number of aliphatic hydroxyl groups is 1. The molecule has 1 amide bonds. The first kappa shape index (κ1) is 17.9. The summed E-state index contributed by atoms with van der Waals surface area (Å²) in [6.07, 6.45) is 4.16. The van der Waals surface area contributed by atoms with E-state index in [0.717, 1.165) is 5.56 Å². The number of nitrogens with one attached hydrogen (secondary N) is 1. The lowest BCUT2D eigenvalue weighted by Gasteiger charge is -2.17. The zero-order valence-electron chi connectivity index (χ0n) is 14.0. The molecule has 6 heteroatoms. The van der Waals surface area contributed by atoms with Crippen molar-refractivity contribution < 1.29 is 14.3 Å². The number of benzene rings is 1. The normalized spacial score (nSPS) is 12.7. The standard InChI is InChI=1S/C18H23N3O3/c1-13(2)18-21-20-17(24-18)11-10-16(23)19-15(9-6-12-22)14-7-4-3-5-8-14/h3-5,7-8,10-11,13,15,22H,6,9,12H2,1-2H3,(H,19,23)/b11-10+. The Morgan fingerprint density at radius 1 is 1.29 bits per heavy atom. The van der Waals surface area contributed by atoms with Gasteiger partial charge in [-0.25, -0.2) is 0 Å². The van der Waals surface area contributed by atoms with E-state index in [1.165, 1.54) is 12.2 Å². The SMILES string of the molecule is CC(C)c1nnc(/C=C/C(=O)NC(CCCO)c2ccccc2)o1. The zero-order valence-corrected chi connectivity index (χ0v) is 14.0. The maximum atomic E-state index is 12.2. The third-order valence-corrected chi connectivity index (χ3v) is 3.50. The molecular formula is C18H23N3O3. The van der Waals surface area contributed by atoms with Crippen LogP contribution in [0.25, 0.3) is 6.08 Å². The van der Waals surface area contributed by atoms with Gasteiger partial charge in [0.15, 0.2) is 0 Å². The number of carbonyl (C=O) groups excluding carboxylic acids is 1. The van der Waals surface area contributed by atoms with Crippen molar-refractivity contribution in [1.29, 1.82) is 0 Å². The molecule has 0 radical (unpaired) electrons. The van der Waals surface area contributed by atoms with Gasteiger partial charge in [0.25, 0.3) is 0 Å². The molecule has 0 saturated heterocycles. The molecule has 0 fully saturated rings. The van der Waals surface area contributed by atoms with Crippen molar-refractivity contribution in [3.8, 4) is 0 Å². The first-order chi connectivity index (χ1) is 11.6. The number of aliphatic hydroxyl groups excluding tert-OH is 1. The molecule has 24 heavy (non-hydrogen) atoms. The van der Waals surface area contributed by atoms with Crippen molar-refractivity contribution in [2.75, 3.05) is 6.61 Å². The van der Waals surface area contributed by atoms with Gasteiger partial charge in [-0.1, -0.05) is 44.2 Å². The fourth-order valence-electron chi connectivity index (χ4n) is 2.22. The van der Waals surface area contributed by atoms with Crippen LogP contribution in [-0.2, 0) is 4.79 Å². The highest BCUT2D eigenvalue weighted by Crippen LogP contribution is 2.18. The Kier molecular flexibility index (Phi) is 6.69. The predicted octanol–water partition coefficient (Wildman–Crippen LogP) is 2.84. The van der Waals surface area contributed by atoms with E-state index in [1.807, 2.05) is 44.2 Å². The van der Waals surface area contributed by atoms with E-state index < -0.39 is 0 Å². The van der Waals surface area contributed by atoms with E-state index in [4.69, 9.17) is 9.52 Å². The number of hydrogen-bond donors (Lipinski definition) is 2. The van der Waals surface area contributed by atoms with Gasteiger partial charge in [-0.3, -0.25) is 4.79 Å². The monoisotopic (exact) mass is 329 g/mol. The summed E-state index contributed by atoms with van der Waals surface area (Å²) in [5.41, 5.74) is 1.01. The van der Waals surface area contributed by atoms with Crippen LogP contribution in [0.4, 0.5) is 0 Å². The molecule has 1 heterocycles. The molecule has 0 spiro atoms. The van der Waals surface area contributed by atoms with Crippen molar-refractivity contribution in [2.45, 2.75) is 38.6 Å². The third kappa shape index (κ3) is 5.31. The second-order valence-electron chi connectivity index (χ2n) is 5.80. The van der Waals surface area contributed by atoms with E-state index in [1.54, 1.807) is 0 Å². The van der Waals surface area contributed by atoms with Gasteiger partial charge in [0.2, 0.25) is 17.7 Å². The van der Waals surface area contributed by atoms with Crippen LogP contribution in [-0.4, -0.2) is 27.8 Å². The summed E-state index contributed by atoms with van der Waals surface area (Å²) >= 11 is 0. The number of nitrogens with zero attached hydrogens (tertiary/aromatic N) is 2. The van der Waals surface area contributed by atoms with Crippen LogP contribution in [0, 0.1) is 0 Å². The van der Waals surface area contributed by atoms with E-state index in [-0.39, 0.29) is 24.5 Å². The van der Waals surface area contributed by atoms with Crippen LogP contribution in [0.5, 0.6) is 0 Å². The first-order valence-corrected chi connectivity index (χ1v) is 8.08. The minimum absolute atomic E-state index is 0.0923. The average molecular weight is 329 g/mol. The molecular weight excluding hydrogens is 306 g/mol. The molecule has 0 aliphatic heterocycles. The number of rotatable bonds is 8. The molecule has 128 valence electrons. The maximum Gasteiger partial charge on any atom is 0.244 e. The highest BCUT2D eigenvalue weighted by atomic mass is 16.4. The summed E-state index contributed by atoms with van der Waals surface area (Å²) in [5, 5.41) is 19.8.